The molecule has 0 heterocycles. The molecule has 0 aliphatic heterocycles. The van der Waals surface area contributed by atoms with Gasteiger partial charge < -0.3 is 14.2 Å². The highest BCUT2D eigenvalue weighted by Crippen LogP contribution is 2.69. The van der Waals surface area contributed by atoms with Crippen LogP contribution < -0.4 is 0 Å². The Bertz CT molecular complexity index is 863. The van der Waals surface area contributed by atoms with Gasteiger partial charge in [0.1, 0.15) is 12.2 Å². The number of rotatable bonds is 4. The first-order chi connectivity index (χ1) is 15.4. The maximum Gasteiger partial charge on any atom is 0.303 e. The Balaban J connectivity index is 1.63. The molecule has 6 heteroatoms. The van der Waals surface area contributed by atoms with E-state index >= 15 is 0 Å². The monoisotopic (exact) mass is 460 g/mol. The van der Waals surface area contributed by atoms with Crippen molar-refractivity contribution in [2.45, 2.75) is 111 Å². The first-order valence-corrected chi connectivity index (χ1v) is 12.7. The molecule has 0 amide bonds. The largest absolute Gasteiger partial charge is 0.459 e. The highest BCUT2D eigenvalue weighted by Gasteiger charge is 2.68. The molecular weight excluding hydrogens is 420 g/mol. The minimum atomic E-state index is -0.774. The van der Waals surface area contributed by atoms with E-state index in [4.69, 9.17) is 14.2 Å². The predicted molar refractivity (Wildman–Crippen MR) is 123 cm³/mol. The highest BCUT2D eigenvalue weighted by atomic mass is 16.6. The SMILES string of the molecule is CC(=O)OC(C)[C@@]1(OC(C)=O)CC[C@H]2[C@@H]3CCC4=C[C@@H](OC(C)=O)CC[C@]4(C)[C@H]3CC[C@@]21C. The Hall–Kier alpha value is -1.85. The third-order valence-corrected chi connectivity index (χ3v) is 9.90. The van der Waals surface area contributed by atoms with Crippen LogP contribution in [-0.4, -0.2) is 35.7 Å². The summed E-state index contributed by atoms with van der Waals surface area (Å²) in [5.74, 6) is 0.710. The maximum absolute atomic E-state index is 12.2. The molecule has 0 aromatic rings. The lowest BCUT2D eigenvalue weighted by Gasteiger charge is -2.60. The molecule has 3 saturated carbocycles. The minimum Gasteiger partial charge on any atom is -0.459 e. The minimum absolute atomic E-state index is 0.0938. The van der Waals surface area contributed by atoms with Gasteiger partial charge in [0.05, 0.1) is 0 Å². The lowest BCUT2D eigenvalue weighted by molar-refractivity contribution is -0.215. The molecule has 33 heavy (non-hydrogen) atoms. The molecule has 6 nitrogen and oxygen atoms in total. The number of hydrogen-bond acceptors (Lipinski definition) is 6. The number of fused-ring (bicyclic) bond motifs is 5. The van der Waals surface area contributed by atoms with Crippen LogP contribution in [0, 0.1) is 28.6 Å². The first-order valence-electron chi connectivity index (χ1n) is 12.7. The molecule has 0 aromatic heterocycles. The van der Waals surface area contributed by atoms with Crippen molar-refractivity contribution in [3.63, 3.8) is 0 Å². The third-order valence-electron chi connectivity index (χ3n) is 9.90. The van der Waals surface area contributed by atoms with Gasteiger partial charge in [-0.3, -0.25) is 14.4 Å². The lowest BCUT2D eigenvalue weighted by atomic mass is 9.46. The van der Waals surface area contributed by atoms with Gasteiger partial charge in [-0.25, -0.2) is 0 Å². The fourth-order valence-corrected chi connectivity index (χ4v) is 8.55. The summed E-state index contributed by atoms with van der Waals surface area (Å²) in [7, 11) is 0. The Morgan fingerprint density at radius 2 is 1.61 bits per heavy atom. The van der Waals surface area contributed by atoms with Gasteiger partial charge >= 0.3 is 17.9 Å². The van der Waals surface area contributed by atoms with E-state index in [2.05, 4.69) is 19.9 Å². The maximum atomic E-state index is 12.2. The second-order valence-corrected chi connectivity index (χ2v) is 11.4. The van der Waals surface area contributed by atoms with Gasteiger partial charge in [0.15, 0.2) is 5.60 Å². The van der Waals surface area contributed by atoms with Crippen molar-refractivity contribution in [1.29, 1.82) is 0 Å². The molecule has 0 bridgehead atoms. The first kappa shape index (κ1) is 24.3. The summed E-state index contributed by atoms with van der Waals surface area (Å²) < 4.78 is 17.3. The van der Waals surface area contributed by atoms with E-state index in [1.165, 1.54) is 26.3 Å². The van der Waals surface area contributed by atoms with E-state index in [-0.39, 0.29) is 34.8 Å². The van der Waals surface area contributed by atoms with Crippen LogP contribution in [0.3, 0.4) is 0 Å². The lowest BCUT2D eigenvalue weighted by Crippen LogP contribution is -2.60. The summed E-state index contributed by atoms with van der Waals surface area (Å²) >= 11 is 0. The summed E-state index contributed by atoms with van der Waals surface area (Å²) in [5, 5.41) is 0. The van der Waals surface area contributed by atoms with E-state index in [1.807, 2.05) is 6.92 Å². The molecule has 4 aliphatic rings. The topological polar surface area (TPSA) is 78.9 Å². The van der Waals surface area contributed by atoms with Crippen LogP contribution >= 0.6 is 0 Å². The number of carbonyl (C=O) groups excluding carboxylic acids is 3. The molecule has 184 valence electrons. The van der Waals surface area contributed by atoms with E-state index in [0.29, 0.717) is 17.8 Å². The van der Waals surface area contributed by atoms with Crippen LogP contribution in [0.2, 0.25) is 0 Å². The van der Waals surface area contributed by atoms with Crippen LogP contribution in [0.5, 0.6) is 0 Å². The molecule has 0 spiro atoms. The molecule has 1 unspecified atom stereocenters. The van der Waals surface area contributed by atoms with Gasteiger partial charge in [-0.2, -0.15) is 0 Å². The molecule has 0 radical (unpaired) electrons. The van der Waals surface area contributed by atoms with Gasteiger partial charge in [-0.05, 0) is 87.5 Å². The number of ether oxygens (including phenoxy) is 3. The standard InChI is InChI=1S/C27H40O6/c1-16(31-17(2)28)27(33-19(4)30)14-11-24-22-8-7-20-15-21(32-18(3)29)9-12-25(20,5)23(22)10-13-26(24,27)6/h15-16,21-24H,7-14H2,1-6H3/t16?,21-,22+,23-,24-,25-,26-,27-/m0/s1. The van der Waals surface area contributed by atoms with Crippen LogP contribution in [0.15, 0.2) is 11.6 Å². The Labute approximate surface area is 197 Å². The quantitative estimate of drug-likeness (QED) is 0.329. The summed E-state index contributed by atoms with van der Waals surface area (Å²) in [5.41, 5.74) is 0.600. The van der Waals surface area contributed by atoms with Crippen molar-refractivity contribution in [1.82, 2.24) is 0 Å². The second-order valence-electron chi connectivity index (χ2n) is 11.4. The summed E-state index contributed by atoms with van der Waals surface area (Å²) in [6.45, 7) is 10.9. The summed E-state index contributed by atoms with van der Waals surface area (Å²) in [6.07, 6.45) is 9.47. The van der Waals surface area contributed by atoms with Crippen molar-refractivity contribution in [2.24, 2.45) is 28.6 Å². The van der Waals surface area contributed by atoms with Crippen molar-refractivity contribution in [3.8, 4) is 0 Å². The molecule has 4 aliphatic carbocycles. The molecule has 8 atom stereocenters. The van der Waals surface area contributed by atoms with Crippen LogP contribution in [0.1, 0.15) is 92.9 Å². The second kappa shape index (κ2) is 8.42. The van der Waals surface area contributed by atoms with Crippen molar-refractivity contribution < 1.29 is 28.6 Å². The van der Waals surface area contributed by atoms with E-state index in [1.54, 1.807) is 0 Å². The van der Waals surface area contributed by atoms with Crippen molar-refractivity contribution in [2.75, 3.05) is 0 Å². The van der Waals surface area contributed by atoms with Gasteiger partial charge in [-0.15, -0.1) is 0 Å². The fraction of sp³-hybridized carbons (Fsp3) is 0.815. The normalized spacial score (nSPS) is 42.7. The van der Waals surface area contributed by atoms with Crippen LogP contribution in [0.4, 0.5) is 0 Å². The van der Waals surface area contributed by atoms with Gasteiger partial charge in [-0.1, -0.05) is 19.4 Å². The van der Waals surface area contributed by atoms with Crippen molar-refractivity contribution in [3.05, 3.63) is 11.6 Å². The number of carbonyl (C=O) groups is 3. The van der Waals surface area contributed by atoms with Gasteiger partial charge in [0.2, 0.25) is 0 Å². The van der Waals surface area contributed by atoms with E-state index < -0.39 is 11.7 Å². The smallest absolute Gasteiger partial charge is 0.303 e. The zero-order valence-electron chi connectivity index (χ0n) is 21.1. The number of esters is 3. The molecule has 0 aromatic carbocycles. The molecular formula is C27H40O6. The fourth-order valence-electron chi connectivity index (χ4n) is 8.55. The van der Waals surface area contributed by atoms with Crippen LogP contribution in [-0.2, 0) is 28.6 Å². The van der Waals surface area contributed by atoms with E-state index in [9.17, 15) is 14.4 Å². The zero-order chi connectivity index (χ0) is 24.2. The Kier molecular flexibility index (Phi) is 6.20. The number of allylic oxidation sites excluding steroid dienone is 1. The highest BCUT2D eigenvalue weighted by molar-refractivity contribution is 5.68. The average molecular weight is 461 g/mol. The van der Waals surface area contributed by atoms with E-state index in [0.717, 1.165) is 51.4 Å². The van der Waals surface area contributed by atoms with Crippen LogP contribution in [0.25, 0.3) is 0 Å². The average Bonchev–Trinajstić information content (AvgIpc) is 3.00. The molecule has 0 N–H and O–H groups in total. The molecule has 0 saturated heterocycles. The van der Waals surface area contributed by atoms with Gasteiger partial charge in [0, 0.05) is 26.2 Å². The molecule has 4 rings (SSSR count). The van der Waals surface area contributed by atoms with Crippen molar-refractivity contribution >= 4 is 17.9 Å². The summed E-state index contributed by atoms with van der Waals surface area (Å²) in [4.78, 5) is 35.5. The Morgan fingerprint density at radius 3 is 2.24 bits per heavy atom. The zero-order valence-corrected chi connectivity index (χ0v) is 21.1. The summed E-state index contributed by atoms with van der Waals surface area (Å²) in [6, 6.07) is 0. The Morgan fingerprint density at radius 1 is 0.909 bits per heavy atom. The number of hydrogen-bond donors (Lipinski definition) is 0. The predicted octanol–water partition coefficient (Wildman–Crippen LogP) is 5.13. The third kappa shape index (κ3) is 3.81. The molecule has 3 fully saturated rings. The van der Waals surface area contributed by atoms with Gasteiger partial charge in [0.25, 0.3) is 0 Å².